The second kappa shape index (κ2) is 4.51. The molecule has 0 aromatic carbocycles. The van der Waals surface area contributed by atoms with Crippen molar-refractivity contribution in [1.82, 2.24) is 10.6 Å². The third kappa shape index (κ3) is 2.74. The van der Waals surface area contributed by atoms with Gasteiger partial charge in [-0.05, 0) is 0 Å². The lowest BCUT2D eigenvalue weighted by atomic mass is 10.3. The number of carboxylic acid groups (broad SMARTS) is 1. The SMILES string of the molecule is O=C(O)CN=C1C(=O)NC(=O)N/C1=N/Cl. The summed E-state index contributed by atoms with van der Waals surface area (Å²) in [6.07, 6.45) is 0. The van der Waals surface area contributed by atoms with Crippen molar-refractivity contribution < 1.29 is 19.5 Å². The second-order valence-electron chi connectivity index (χ2n) is 2.40. The zero-order chi connectivity index (χ0) is 11.4. The molecule has 3 amide bonds. The highest BCUT2D eigenvalue weighted by atomic mass is 35.5. The van der Waals surface area contributed by atoms with E-state index in [1.807, 2.05) is 5.32 Å². The number of urea groups is 1. The summed E-state index contributed by atoms with van der Waals surface area (Å²) in [7, 11) is 0. The van der Waals surface area contributed by atoms with Gasteiger partial charge in [0.2, 0.25) is 0 Å². The lowest BCUT2D eigenvalue weighted by molar-refractivity contribution is -0.135. The molecule has 0 saturated carbocycles. The van der Waals surface area contributed by atoms with Gasteiger partial charge in [0.05, 0.1) is 0 Å². The Labute approximate surface area is 88.1 Å². The van der Waals surface area contributed by atoms with Gasteiger partial charge in [0.25, 0.3) is 5.91 Å². The summed E-state index contributed by atoms with van der Waals surface area (Å²) in [5, 5.41) is 12.3. The number of aliphatic imine (C=N–C) groups is 1. The number of amides is 3. The Morgan fingerprint density at radius 3 is 2.60 bits per heavy atom. The van der Waals surface area contributed by atoms with Crippen LogP contribution in [0.1, 0.15) is 0 Å². The molecule has 3 N–H and O–H groups in total. The van der Waals surface area contributed by atoms with Crippen LogP contribution in [0.25, 0.3) is 0 Å². The Morgan fingerprint density at radius 2 is 2.07 bits per heavy atom. The standard InChI is InChI=1S/C6H5ClN4O4/c7-11-4-3(8-1-2(12)13)5(14)10-6(15)9-4/h1H2,(H,12,13)(H2,9,10,11,14,15). The smallest absolute Gasteiger partial charge is 0.327 e. The first kappa shape index (κ1) is 11.1. The fourth-order valence-corrected chi connectivity index (χ4v) is 0.945. The molecule has 0 aliphatic carbocycles. The molecule has 0 unspecified atom stereocenters. The van der Waals surface area contributed by atoms with E-state index in [2.05, 4.69) is 14.8 Å². The predicted octanol–water partition coefficient (Wildman–Crippen LogP) is -1.10. The highest BCUT2D eigenvalue weighted by Crippen LogP contribution is 1.93. The molecule has 1 rings (SSSR count). The number of rotatable bonds is 2. The van der Waals surface area contributed by atoms with Gasteiger partial charge >= 0.3 is 12.0 Å². The van der Waals surface area contributed by atoms with Crippen molar-refractivity contribution in [2.24, 2.45) is 9.50 Å². The summed E-state index contributed by atoms with van der Waals surface area (Å²) < 4.78 is 3.08. The largest absolute Gasteiger partial charge is 0.480 e. The van der Waals surface area contributed by atoms with Crippen LogP contribution in [0.5, 0.6) is 0 Å². The molecule has 15 heavy (non-hydrogen) atoms. The number of nitrogens with one attached hydrogen (secondary N) is 2. The lowest BCUT2D eigenvalue weighted by Gasteiger charge is -2.15. The molecule has 9 heteroatoms. The van der Waals surface area contributed by atoms with Crippen LogP contribution < -0.4 is 10.6 Å². The van der Waals surface area contributed by atoms with Crippen LogP contribution in [0.2, 0.25) is 0 Å². The number of hydrogen-bond acceptors (Lipinski definition) is 5. The minimum atomic E-state index is -1.22. The molecule has 1 fully saturated rings. The first-order chi connectivity index (χ1) is 7.04. The maximum Gasteiger partial charge on any atom is 0.327 e. The van der Waals surface area contributed by atoms with Crippen molar-refractivity contribution in [3.05, 3.63) is 0 Å². The van der Waals surface area contributed by atoms with Crippen LogP contribution >= 0.6 is 11.8 Å². The van der Waals surface area contributed by atoms with E-state index in [0.717, 1.165) is 0 Å². The average Bonchev–Trinajstić information content (AvgIpc) is 2.14. The average molecular weight is 233 g/mol. The molecule has 0 aromatic heterocycles. The van der Waals surface area contributed by atoms with Crippen molar-refractivity contribution >= 4 is 41.2 Å². The quantitative estimate of drug-likeness (QED) is 0.560. The molecule has 8 nitrogen and oxygen atoms in total. The Hall–Kier alpha value is -1.96. The van der Waals surface area contributed by atoms with Crippen LogP contribution in [0.4, 0.5) is 4.79 Å². The Morgan fingerprint density at radius 1 is 1.40 bits per heavy atom. The van der Waals surface area contributed by atoms with Crippen molar-refractivity contribution in [3.63, 3.8) is 0 Å². The highest BCUT2D eigenvalue weighted by Gasteiger charge is 2.27. The van der Waals surface area contributed by atoms with Gasteiger partial charge < -0.3 is 5.11 Å². The molecule has 1 aliphatic rings. The van der Waals surface area contributed by atoms with Crippen LogP contribution in [-0.4, -0.2) is 41.1 Å². The molecule has 0 bridgehead atoms. The Bertz CT molecular complexity index is 389. The van der Waals surface area contributed by atoms with E-state index in [0.29, 0.717) is 0 Å². The van der Waals surface area contributed by atoms with Crippen molar-refractivity contribution in [2.45, 2.75) is 0 Å². The molecule has 0 radical (unpaired) electrons. The van der Waals surface area contributed by atoms with Gasteiger partial charge in [0.1, 0.15) is 6.54 Å². The van der Waals surface area contributed by atoms with Gasteiger partial charge in [-0.2, -0.15) is 4.51 Å². The van der Waals surface area contributed by atoms with Gasteiger partial charge in [-0.3, -0.25) is 25.2 Å². The van der Waals surface area contributed by atoms with E-state index in [1.165, 1.54) is 0 Å². The number of imide groups is 1. The van der Waals surface area contributed by atoms with Crippen molar-refractivity contribution in [3.8, 4) is 0 Å². The van der Waals surface area contributed by atoms with E-state index in [9.17, 15) is 14.4 Å². The third-order valence-corrected chi connectivity index (χ3v) is 1.52. The molecular weight excluding hydrogens is 228 g/mol. The molecular formula is C6H5ClN4O4. The van der Waals surface area contributed by atoms with E-state index in [1.54, 1.807) is 0 Å². The number of halogens is 1. The Kier molecular flexibility index (Phi) is 3.34. The number of aliphatic carboxylic acids is 1. The predicted molar refractivity (Wildman–Crippen MR) is 49.9 cm³/mol. The van der Waals surface area contributed by atoms with Gasteiger partial charge in [-0.15, -0.1) is 0 Å². The van der Waals surface area contributed by atoms with E-state index < -0.39 is 24.5 Å². The monoisotopic (exact) mass is 232 g/mol. The van der Waals surface area contributed by atoms with E-state index >= 15 is 0 Å². The van der Waals surface area contributed by atoms with Gasteiger partial charge in [-0.1, -0.05) is 0 Å². The van der Waals surface area contributed by atoms with Gasteiger partial charge in [0, 0.05) is 11.8 Å². The first-order valence-electron chi connectivity index (χ1n) is 3.62. The first-order valence-corrected chi connectivity index (χ1v) is 3.96. The molecule has 0 spiro atoms. The van der Waals surface area contributed by atoms with Crippen molar-refractivity contribution in [1.29, 1.82) is 0 Å². The maximum absolute atomic E-state index is 11.2. The molecule has 0 atom stereocenters. The molecule has 1 heterocycles. The third-order valence-electron chi connectivity index (χ3n) is 1.36. The van der Waals surface area contributed by atoms with Gasteiger partial charge in [0.15, 0.2) is 11.5 Å². The molecule has 1 aliphatic heterocycles. The zero-order valence-corrected chi connectivity index (χ0v) is 7.91. The number of hydrogen-bond donors (Lipinski definition) is 3. The molecule has 1 saturated heterocycles. The van der Waals surface area contributed by atoms with E-state index in [4.69, 9.17) is 16.9 Å². The second-order valence-corrected chi connectivity index (χ2v) is 2.57. The zero-order valence-electron chi connectivity index (χ0n) is 7.15. The fraction of sp³-hybridized carbons (Fsp3) is 0.167. The van der Waals surface area contributed by atoms with E-state index in [-0.39, 0.29) is 11.5 Å². The number of carbonyl (C=O) groups is 3. The molecule has 0 aromatic rings. The number of nitrogens with zero attached hydrogens (tertiary/aromatic N) is 2. The minimum absolute atomic E-state index is 0.272. The summed E-state index contributed by atoms with van der Waals surface area (Å²) in [4.78, 5) is 35.6. The summed E-state index contributed by atoms with van der Waals surface area (Å²) in [5.74, 6) is -2.34. The minimum Gasteiger partial charge on any atom is -0.480 e. The van der Waals surface area contributed by atoms with Crippen LogP contribution in [0.15, 0.2) is 9.50 Å². The summed E-state index contributed by atoms with van der Waals surface area (Å²) >= 11 is 5.09. The summed E-state index contributed by atoms with van der Waals surface area (Å²) in [6, 6.07) is -0.798. The number of carboxylic acids is 1. The topological polar surface area (TPSA) is 120 Å². The summed E-state index contributed by atoms with van der Waals surface area (Å²) in [5.41, 5.74) is -0.327. The number of carbonyl (C=O) groups excluding carboxylic acids is 2. The lowest BCUT2D eigenvalue weighted by Crippen LogP contribution is -2.56. The van der Waals surface area contributed by atoms with Crippen LogP contribution in [0.3, 0.4) is 0 Å². The summed E-state index contributed by atoms with van der Waals surface area (Å²) in [6.45, 7) is -0.617. The van der Waals surface area contributed by atoms with Crippen LogP contribution in [0, 0.1) is 0 Å². The van der Waals surface area contributed by atoms with Crippen LogP contribution in [-0.2, 0) is 9.59 Å². The van der Waals surface area contributed by atoms with Gasteiger partial charge in [-0.25, -0.2) is 4.79 Å². The normalized spacial score (nSPS) is 21.4. The fourth-order valence-electron chi connectivity index (χ4n) is 0.822. The number of amidine groups is 1. The Balaban J connectivity index is 2.93. The molecule has 80 valence electrons. The highest BCUT2D eigenvalue weighted by molar-refractivity contribution is 6.71. The maximum atomic E-state index is 11.2. The van der Waals surface area contributed by atoms with Crippen molar-refractivity contribution in [2.75, 3.05) is 6.54 Å².